The maximum atomic E-state index is 12.9. The van der Waals surface area contributed by atoms with Crippen molar-refractivity contribution in [2.24, 2.45) is 0 Å². The zero-order valence-electron chi connectivity index (χ0n) is 7.86. The summed E-state index contributed by atoms with van der Waals surface area (Å²) in [6.07, 6.45) is 0.354. The number of carbonyl (C=O) groups is 1. The van der Waals surface area contributed by atoms with E-state index in [2.05, 4.69) is 15.9 Å². The van der Waals surface area contributed by atoms with E-state index in [1.807, 2.05) is 0 Å². The van der Waals surface area contributed by atoms with Gasteiger partial charge in [0, 0.05) is 10.0 Å². The van der Waals surface area contributed by atoms with Crippen LogP contribution in [0.5, 0.6) is 0 Å². The molecule has 0 saturated carbocycles. The number of hydrogen-bond acceptors (Lipinski definition) is 1. The number of halogens is 4. The van der Waals surface area contributed by atoms with Gasteiger partial charge >= 0.3 is 0 Å². The van der Waals surface area contributed by atoms with Gasteiger partial charge in [-0.05, 0) is 31.0 Å². The summed E-state index contributed by atoms with van der Waals surface area (Å²) in [5, 5.41) is 0.483. The van der Waals surface area contributed by atoms with E-state index in [0.29, 0.717) is 12.0 Å². The Hall–Kier alpha value is -0.120. The molecule has 0 radical (unpaired) electrons. The van der Waals surface area contributed by atoms with Crippen LogP contribution in [0, 0.1) is 5.82 Å². The first-order valence-corrected chi connectivity index (χ1v) is 5.87. The van der Waals surface area contributed by atoms with Crippen molar-refractivity contribution in [2.75, 3.05) is 0 Å². The second-order valence-corrected chi connectivity index (χ2v) is 5.05. The monoisotopic (exact) mass is 312 g/mol. The van der Waals surface area contributed by atoms with Gasteiger partial charge in [-0.2, -0.15) is 0 Å². The number of hydrogen-bond donors (Lipinski definition) is 0. The van der Waals surface area contributed by atoms with Crippen molar-refractivity contribution in [3.63, 3.8) is 0 Å². The molecule has 1 atom stereocenters. The van der Waals surface area contributed by atoms with E-state index in [1.165, 1.54) is 19.1 Å². The van der Waals surface area contributed by atoms with Crippen molar-refractivity contribution in [2.45, 2.75) is 18.2 Å². The molecule has 0 spiro atoms. The zero-order valence-corrected chi connectivity index (χ0v) is 11.0. The summed E-state index contributed by atoms with van der Waals surface area (Å²) in [7, 11) is 0. The van der Waals surface area contributed by atoms with Gasteiger partial charge in [0.2, 0.25) is 0 Å². The third-order valence-electron chi connectivity index (χ3n) is 1.93. The van der Waals surface area contributed by atoms with Crippen LogP contribution in [0.1, 0.15) is 12.5 Å². The van der Waals surface area contributed by atoms with E-state index >= 15 is 0 Å². The first-order chi connectivity index (χ1) is 6.91. The van der Waals surface area contributed by atoms with E-state index in [1.54, 1.807) is 0 Å². The molecule has 0 aliphatic rings. The highest BCUT2D eigenvalue weighted by molar-refractivity contribution is 9.10. The molecule has 0 aromatic heterocycles. The summed E-state index contributed by atoms with van der Waals surface area (Å²) in [6.45, 7) is 1.46. The summed E-state index contributed by atoms with van der Waals surface area (Å²) < 4.78 is 12.9. The molecule has 1 rings (SSSR count). The molecule has 1 aromatic rings. The number of carbonyl (C=O) groups excluding carboxylic acids is 1. The van der Waals surface area contributed by atoms with Gasteiger partial charge < -0.3 is 0 Å². The van der Waals surface area contributed by atoms with Crippen molar-refractivity contribution >= 4 is 44.9 Å². The van der Waals surface area contributed by atoms with E-state index in [4.69, 9.17) is 23.2 Å². The Bertz CT molecular complexity index is 372. The Labute approximate surface area is 106 Å². The van der Waals surface area contributed by atoms with Gasteiger partial charge in [0.05, 0.1) is 4.83 Å². The minimum absolute atomic E-state index is 0.0218. The van der Waals surface area contributed by atoms with Crippen LogP contribution >= 0.6 is 39.1 Å². The second kappa shape index (κ2) is 5.28. The maximum absolute atomic E-state index is 12.9. The largest absolute Gasteiger partial charge is 0.299 e. The minimum atomic E-state index is -0.484. The number of ketones is 1. The molecule has 0 amide bonds. The van der Waals surface area contributed by atoms with Crippen molar-refractivity contribution < 1.29 is 9.18 Å². The van der Waals surface area contributed by atoms with Crippen molar-refractivity contribution in [1.29, 1.82) is 0 Å². The van der Waals surface area contributed by atoms with Crippen molar-refractivity contribution in [3.8, 4) is 0 Å². The van der Waals surface area contributed by atoms with Crippen LogP contribution in [0.3, 0.4) is 0 Å². The molecule has 1 aromatic carbocycles. The van der Waals surface area contributed by atoms with E-state index in [0.717, 1.165) is 0 Å². The van der Waals surface area contributed by atoms with Crippen LogP contribution in [0.25, 0.3) is 0 Å². The van der Waals surface area contributed by atoms with E-state index in [9.17, 15) is 9.18 Å². The summed E-state index contributed by atoms with van der Waals surface area (Å²) >= 11 is 14.9. The van der Waals surface area contributed by atoms with Gasteiger partial charge in [-0.1, -0.05) is 39.1 Å². The summed E-state index contributed by atoms with van der Waals surface area (Å²) in [5.74, 6) is -0.505. The summed E-state index contributed by atoms with van der Waals surface area (Å²) in [6, 6.07) is 2.37. The third kappa shape index (κ3) is 3.44. The Morgan fingerprint density at radius 2 is 1.93 bits per heavy atom. The molecule has 0 fully saturated rings. The van der Waals surface area contributed by atoms with Gasteiger partial charge in [0.15, 0.2) is 0 Å². The fourth-order valence-electron chi connectivity index (χ4n) is 1.09. The molecular formula is C10H8BrCl2FO. The lowest BCUT2D eigenvalue weighted by atomic mass is 10.1. The van der Waals surface area contributed by atoms with Crippen molar-refractivity contribution in [3.05, 3.63) is 33.6 Å². The number of rotatable bonds is 3. The number of benzene rings is 1. The minimum Gasteiger partial charge on any atom is -0.299 e. The van der Waals surface area contributed by atoms with Crippen LogP contribution in [-0.2, 0) is 11.2 Å². The summed E-state index contributed by atoms with van der Waals surface area (Å²) in [4.78, 5) is 10.7. The number of Topliss-reactive ketones (excluding diaryl/α,β-unsaturated/α-hetero) is 1. The fraction of sp³-hybridized carbons (Fsp3) is 0.300. The molecule has 0 aliphatic carbocycles. The lowest BCUT2D eigenvalue weighted by Gasteiger charge is -2.10. The average Bonchev–Trinajstić information content (AvgIpc) is 2.10. The molecule has 0 heterocycles. The molecule has 0 bridgehead atoms. The van der Waals surface area contributed by atoms with Crippen LogP contribution in [0.4, 0.5) is 4.39 Å². The Balaban J connectivity index is 3.00. The topological polar surface area (TPSA) is 17.1 Å². The highest BCUT2D eigenvalue weighted by Crippen LogP contribution is 2.28. The third-order valence-corrected chi connectivity index (χ3v) is 3.57. The lowest BCUT2D eigenvalue weighted by Crippen LogP contribution is -2.13. The molecule has 0 saturated heterocycles. The van der Waals surface area contributed by atoms with Gasteiger partial charge in [0.1, 0.15) is 11.6 Å². The summed E-state index contributed by atoms with van der Waals surface area (Å²) in [5.41, 5.74) is 0.580. The molecule has 1 nitrogen and oxygen atoms in total. The first kappa shape index (κ1) is 12.9. The maximum Gasteiger partial charge on any atom is 0.143 e. The predicted octanol–water partition coefficient (Wildman–Crippen LogP) is 4.03. The van der Waals surface area contributed by atoms with Crippen LogP contribution in [0.15, 0.2) is 12.1 Å². The van der Waals surface area contributed by atoms with Gasteiger partial charge in [-0.3, -0.25) is 4.79 Å². The standard InChI is InChI=1S/C10H8BrCl2FO/c1-5(15)8(11)4-7-9(12)2-6(14)3-10(7)13/h2-3,8H,4H2,1H3. The molecular weight excluding hydrogens is 306 g/mol. The molecule has 1 unspecified atom stereocenters. The van der Waals surface area contributed by atoms with Gasteiger partial charge in [-0.25, -0.2) is 4.39 Å². The normalized spacial score (nSPS) is 12.6. The molecule has 82 valence electrons. The van der Waals surface area contributed by atoms with E-state index in [-0.39, 0.29) is 20.7 Å². The highest BCUT2D eigenvalue weighted by Gasteiger charge is 2.16. The highest BCUT2D eigenvalue weighted by atomic mass is 79.9. The lowest BCUT2D eigenvalue weighted by molar-refractivity contribution is -0.116. The Kier molecular flexibility index (Phi) is 4.56. The quantitative estimate of drug-likeness (QED) is 0.770. The van der Waals surface area contributed by atoms with E-state index < -0.39 is 5.82 Å². The second-order valence-electron chi connectivity index (χ2n) is 3.13. The molecule has 0 N–H and O–H groups in total. The Morgan fingerprint density at radius 1 is 1.47 bits per heavy atom. The van der Waals surface area contributed by atoms with Gasteiger partial charge in [0.25, 0.3) is 0 Å². The Morgan fingerprint density at radius 3 is 2.33 bits per heavy atom. The fourth-order valence-corrected chi connectivity index (χ4v) is 2.03. The predicted molar refractivity (Wildman–Crippen MR) is 63.5 cm³/mol. The van der Waals surface area contributed by atoms with Crippen LogP contribution in [0.2, 0.25) is 10.0 Å². The molecule has 15 heavy (non-hydrogen) atoms. The smallest absolute Gasteiger partial charge is 0.143 e. The first-order valence-electron chi connectivity index (χ1n) is 4.19. The van der Waals surface area contributed by atoms with Crippen LogP contribution in [-0.4, -0.2) is 10.6 Å². The molecule has 5 heteroatoms. The zero-order chi connectivity index (χ0) is 11.6. The van der Waals surface area contributed by atoms with Crippen molar-refractivity contribution in [1.82, 2.24) is 0 Å². The van der Waals surface area contributed by atoms with Crippen LogP contribution < -0.4 is 0 Å². The van der Waals surface area contributed by atoms with Gasteiger partial charge in [-0.15, -0.1) is 0 Å². The number of alkyl halides is 1. The average molecular weight is 314 g/mol. The SMILES string of the molecule is CC(=O)C(Br)Cc1c(Cl)cc(F)cc1Cl. The molecule has 0 aliphatic heterocycles.